The van der Waals surface area contributed by atoms with Crippen molar-refractivity contribution in [1.82, 2.24) is 14.5 Å². The van der Waals surface area contributed by atoms with Gasteiger partial charge >= 0.3 is 5.69 Å². The molecular formula is C39H45N3O7. The third kappa shape index (κ3) is 6.83. The van der Waals surface area contributed by atoms with Crippen LogP contribution in [0.1, 0.15) is 54.8 Å². The molecule has 49 heavy (non-hydrogen) atoms. The van der Waals surface area contributed by atoms with Crippen LogP contribution in [0, 0.1) is 5.92 Å². The lowest BCUT2D eigenvalue weighted by Gasteiger charge is -2.39. The first-order valence-corrected chi connectivity index (χ1v) is 17.5. The number of aromatic nitrogens is 2. The fraction of sp³-hybridized carbons (Fsp3) is 0.436. The Morgan fingerprint density at radius 3 is 2.51 bits per heavy atom. The topological polar surface area (TPSA) is 115 Å². The van der Waals surface area contributed by atoms with E-state index < -0.39 is 6.29 Å². The van der Waals surface area contributed by atoms with Crippen molar-refractivity contribution in [2.75, 3.05) is 52.7 Å². The van der Waals surface area contributed by atoms with E-state index in [2.05, 4.69) is 47.4 Å². The molecule has 1 fully saturated rings. The van der Waals surface area contributed by atoms with Gasteiger partial charge in [-0.3, -0.25) is 9.36 Å². The Balaban J connectivity index is 1.14. The minimum absolute atomic E-state index is 0.00448. The van der Waals surface area contributed by atoms with Gasteiger partial charge in [-0.2, -0.15) is 0 Å². The zero-order valence-corrected chi connectivity index (χ0v) is 28.0. The van der Waals surface area contributed by atoms with Crippen molar-refractivity contribution in [3.8, 4) is 11.1 Å². The van der Waals surface area contributed by atoms with E-state index >= 15 is 0 Å². The Bertz CT molecular complexity index is 1850. The summed E-state index contributed by atoms with van der Waals surface area (Å²) in [5.41, 5.74) is 7.86. The molecule has 2 aliphatic heterocycles. The van der Waals surface area contributed by atoms with Crippen molar-refractivity contribution in [1.29, 1.82) is 0 Å². The van der Waals surface area contributed by atoms with Crippen molar-refractivity contribution in [2.45, 2.75) is 50.9 Å². The predicted molar refractivity (Wildman–Crippen MR) is 186 cm³/mol. The average molecular weight is 668 g/mol. The minimum atomic E-state index is -0.629. The number of carbonyl (C=O) groups is 1. The van der Waals surface area contributed by atoms with E-state index in [-0.39, 0.29) is 42.7 Å². The van der Waals surface area contributed by atoms with Gasteiger partial charge in [0.15, 0.2) is 5.76 Å². The minimum Gasteiger partial charge on any atom is -0.459 e. The molecule has 10 nitrogen and oxygen atoms in total. The number of aliphatic hydroxyl groups excluding tert-OH is 1. The third-order valence-corrected chi connectivity index (χ3v) is 10.1. The van der Waals surface area contributed by atoms with Crippen LogP contribution >= 0.6 is 0 Å². The van der Waals surface area contributed by atoms with Crippen LogP contribution in [0.15, 0.2) is 83.4 Å². The second kappa shape index (κ2) is 15.1. The van der Waals surface area contributed by atoms with Gasteiger partial charge in [-0.25, -0.2) is 4.79 Å². The summed E-state index contributed by atoms with van der Waals surface area (Å²) in [7, 11) is 0. The number of allylic oxidation sites excluding steroid dienone is 1. The number of carbonyl (C=O) groups excluding carboxylic acids is 1. The number of rotatable bonds is 13. The lowest BCUT2D eigenvalue weighted by atomic mass is 9.78. The molecule has 3 atom stereocenters. The summed E-state index contributed by atoms with van der Waals surface area (Å²) in [4.78, 5) is 31.9. The maximum atomic E-state index is 14.2. The Labute approximate surface area is 286 Å². The van der Waals surface area contributed by atoms with Gasteiger partial charge in [-0.1, -0.05) is 54.6 Å². The number of hydrogen-bond donors (Lipinski definition) is 2. The molecule has 3 aliphatic rings. The highest BCUT2D eigenvalue weighted by Crippen LogP contribution is 2.46. The zero-order valence-electron chi connectivity index (χ0n) is 28.0. The SMILES string of the molecule is CCO[C@@H]1OC(C(=O)N2CCC(n3c(=O)[nH]c4ccccc43)CC2)=C[C@H](c2cccc3c2Cc2ccccc2-3)[C@@H]1CCOCCOCCO. The molecule has 1 amide bonds. The predicted octanol–water partition coefficient (Wildman–Crippen LogP) is 5.16. The number of aromatic amines is 1. The molecule has 0 saturated carbocycles. The summed E-state index contributed by atoms with van der Waals surface area (Å²) in [6.07, 6.45) is 4.23. The fourth-order valence-corrected chi connectivity index (χ4v) is 7.81. The van der Waals surface area contributed by atoms with E-state index in [0.717, 1.165) is 17.5 Å². The van der Waals surface area contributed by atoms with Gasteiger partial charge in [0, 0.05) is 44.2 Å². The van der Waals surface area contributed by atoms with E-state index in [4.69, 9.17) is 24.1 Å². The first-order chi connectivity index (χ1) is 24.1. The van der Waals surface area contributed by atoms with Crippen LogP contribution in [0.4, 0.5) is 0 Å². The molecule has 1 aromatic heterocycles. The number of ether oxygens (including phenoxy) is 4. The van der Waals surface area contributed by atoms with Crippen molar-refractivity contribution < 1.29 is 28.8 Å². The summed E-state index contributed by atoms with van der Waals surface area (Å²) in [6.45, 7) is 5.01. The van der Waals surface area contributed by atoms with Gasteiger partial charge in [-0.15, -0.1) is 0 Å². The molecule has 10 heteroatoms. The lowest BCUT2D eigenvalue weighted by Crippen LogP contribution is -2.44. The third-order valence-electron chi connectivity index (χ3n) is 10.1. The summed E-state index contributed by atoms with van der Waals surface area (Å²) in [6, 6.07) is 22.8. The van der Waals surface area contributed by atoms with Crippen LogP contribution in [0.25, 0.3) is 22.2 Å². The molecule has 3 heterocycles. The van der Waals surface area contributed by atoms with Gasteiger partial charge in [0.05, 0.1) is 37.5 Å². The van der Waals surface area contributed by atoms with Crippen LogP contribution in [-0.4, -0.2) is 84.5 Å². The van der Waals surface area contributed by atoms with Crippen LogP contribution < -0.4 is 5.69 Å². The Morgan fingerprint density at radius 2 is 1.69 bits per heavy atom. The maximum Gasteiger partial charge on any atom is 0.326 e. The number of hydrogen-bond acceptors (Lipinski definition) is 7. The Kier molecular flexibility index (Phi) is 10.3. The van der Waals surface area contributed by atoms with Crippen LogP contribution in [0.2, 0.25) is 0 Å². The summed E-state index contributed by atoms with van der Waals surface area (Å²) in [5, 5.41) is 8.98. The molecule has 3 aromatic carbocycles. The highest BCUT2D eigenvalue weighted by molar-refractivity contribution is 5.92. The number of likely N-dealkylation sites (tertiary alicyclic amines) is 1. The zero-order chi connectivity index (χ0) is 33.7. The van der Waals surface area contributed by atoms with Crippen molar-refractivity contribution in [2.24, 2.45) is 5.92 Å². The number of amides is 1. The summed E-state index contributed by atoms with van der Waals surface area (Å²) < 4.78 is 25.8. The molecule has 258 valence electrons. The molecule has 2 N–H and O–H groups in total. The number of para-hydroxylation sites is 2. The number of H-pyrrole nitrogens is 1. The van der Waals surface area contributed by atoms with Crippen molar-refractivity contribution in [3.63, 3.8) is 0 Å². The highest BCUT2D eigenvalue weighted by atomic mass is 16.7. The molecule has 1 aliphatic carbocycles. The van der Waals surface area contributed by atoms with Gasteiger partial charge in [-0.05, 0) is 78.6 Å². The number of fused-ring (bicyclic) bond motifs is 4. The first-order valence-electron chi connectivity index (χ1n) is 17.5. The number of piperidine rings is 1. The maximum absolute atomic E-state index is 14.2. The van der Waals surface area contributed by atoms with Crippen molar-refractivity contribution >= 4 is 16.9 Å². The molecular weight excluding hydrogens is 622 g/mol. The smallest absolute Gasteiger partial charge is 0.326 e. The van der Waals surface area contributed by atoms with Gasteiger partial charge in [0.2, 0.25) is 6.29 Å². The fourth-order valence-electron chi connectivity index (χ4n) is 7.81. The monoisotopic (exact) mass is 667 g/mol. The normalized spacial score (nSPS) is 20.6. The molecule has 0 radical (unpaired) electrons. The quantitative estimate of drug-likeness (QED) is 0.167. The standard InChI is InChI=1S/C39H45N3O7/c1-2-48-38-31(16-20-46-22-23-47-21-19-43)33(30-11-7-10-29-28-9-4-3-8-26(28)24-32(29)30)25-36(49-38)37(44)41-17-14-27(15-18-41)42-35-13-6-5-12-34(35)40-39(42)45/h3-13,25,27,31,33,38,43H,2,14-24H2,1H3,(H,40,45)/t31-,33+,38+/m0/s1. The van der Waals surface area contributed by atoms with Crippen LogP contribution in [0.5, 0.6) is 0 Å². The molecule has 4 aromatic rings. The van der Waals surface area contributed by atoms with Gasteiger partial charge < -0.3 is 33.9 Å². The summed E-state index contributed by atoms with van der Waals surface area (Å²) in [5.74, 6) is -0.0606. The number of nitrogens with zero attached hydrogens (tertiary/aromatic N) is 2. The highest BCUT2D eigenvalue weighted by Gasteiger charge is 2.41. The number of benzene rings is 3. The second-order valence-corrected chi connectivity index (χ2v) is 12.9. The van der Waals surface area contributed by atoms with E-state index in [1.807, 2.05) is 46.7 Å². The Morgan fingerprint density at radius 1 is 0.939 bits per heavy atom. The molecule has 0 spiro atoms. The van der Waals surface area contributed by atoms with Gasteiger partial charge in [0.25, 0.3) is 5.91 Å². The van der Waals surface area contributed by atoms with E-state index in [1.54, 1.807) is 0 Å². The number of nitrogens with one attached hydrogen (secondary N) is 1. The average Bonchev–Trinajstić information content (AvgIpc) is 3.68. The molecule has 0 bridgehead atoms. The van der Waals surface area contributed by atoms with Crippen LogP contribution in [0.3, 0.4) is 0 Å². The van der Waals surface area contributed by atoms with E-state index in [9.17, 15) is 9.59 Å². The second-order valence-electron chi connectivity index (χ2n) is 12.9. The van der Waals surface area contributed by atoms with Crippen LogP contribution in [-0.2, 0) is 30.2 Å². The molecule has 7 rings (SSSR count). The van der Waals surface area contributed by atoms with E-state index in [0.29, 0.717) is 64.5 Å². The molecule has 0 unspecified atom stereocenters. The van der Waals surface area contributed by atoms with Crippen molar-refractivity contribution in [3.05, 3.63) is 106 Å². The van der Waals surface area contributed by atoms with E-state index in [1.165, 1.54) is 27.8 Å². The summed E-state index contributed by atoms with van der Waals surface area (Å²) >= 11 is 0. The largest absolute Gasteiger partial charge is 0.459 e. The lowest BCUT2D eigenvalue weighted by molar-refractivity contribution is -0.172. The van der Waals surface area contributed by atoms with Gasteiger partial charge in [0.1, 0.15) is 0 Å². The number of aliphatic hydroxyl groups is 1. The Hall–Kier alpha value is -4.22. The molecule has 1 saturated heterocycles. The first kappa shape index (κ1) is 33.3. The number of imidazole rings is 1.